The van der Waals surface area contributed by atoms with Gasteiger partial charge in [0, 0.05) is 13.2 Å². The Kier molecular flexibility index (Phi) is 5.99. The van der Waals surface area contributed by atoms with Crippen molar-refractivity contribution in [2.75, 3.05) is 13.2 Å². The second-order valence-corrected chi connectivity index (χ2v) is 15.9. The highest BCUT2D eigenvalue weighted by Crippen LogP contribution is 2.76. The Hall–Kier alpha value is -0.870. The summed E-state index contributed by atoms with van der Waals surface area (Å²) < 4.78 is 0. The summed E-state index contributed by atoms with van der Waals surface area (Å²) in [5, 5.41) is 31.3. The number of carbonyl (C=O) groups is 1. The van der Waals surface area contributed by atoms with E-state index >= 15 is 0 Å². The van der Waals surface area contributed by atoms with Crippen molar-refractivity contribution < 1.29 is 20.1 Å². The van der Waals surface area contributed by atoms with E-state index in [9.17, 15) is 20.1 Å². The van der Waals surface area contributed by atoms with Crippen LogP contribution in [0.5, 0.6) is 0 Å². The summed E-state index contributed by atoms with van der Waals surface area (Å²) in [7, 11) is 0. The van der Waals surface area contributed by atoms with Crippen molar-refractivity contribution in [3.8, 4) is 0 Å². The van der Waals surface area contributed by atoms with Crippen LogP contribution in [0.25, 0.3) is 0 Å². The summed E-state index contributed by atoms with van der Waals surface area (Å²) in [5.74, 6) is 0.898. The molecule has 5 aliphatic rings. The molecule has 0 spiro atoms. The van der Waals surface area contributed by atoms with Gasteiger partial charge in [0.1, 0.15) is 0 Å². The van der Waals surface area contributed by atoms with Crippen LogP contribution >= 0.6 is 0 Å². The number of allylic oxidation sites excluding steroid dienone is 2. The smallest absolute Gasteiger partial charge is 0.310 e. The van der Waals surface area contributed by atoms with Crippen molar-refractivity contribution in [1.82, 2.24) is 0 Å². The zero-order valence-corrected chi connectivity index (χ0v) is 24.0. The molecule has 0 radical (unpaired) electrons. The normalized spacial score (nSPS) is 51.1. The van der Waals surface area contributed by atoms with Gasteiger partial charge in [-0.1, -0.05) is 60.1 Å². The van der Waals surface area contributed by atoms with Crippen LogP contribution in [0.4, 0.5) is 0 Å². The lowest BCUT2D eigenvalue weighted by atomic mass is 9.32. The van der Waals surface area contributed by atoms with Gasteiger partial charge in [-0.15, -0.1) is 0 Å². The first-order chi connectivity index (χ1) is 16.6. The minimum Gasteiger partial charge on any atom is -0.481 e. The van der Waals surface area contributed by atoms with Gasteiger partial charge in [0.05, 0.1) is 5.41 Å². The maximum atomic E-state index is 12.8. The van der Waals surface area contributed by atoms with Crippen LogP contribution in [-0.4, -0.2) is 34.5 Å². The van der Waals surface area contributed by atoms with E-state index in [1.165, 1.54) is 12.0 Å². The number of aliphatic hydroxyl groups is 2. The minimum atomic E-state index is -0.589. The monoisotopic (exact) mass is 500 g/mol. The highest BCUT2D eigenvalue weighted by molar-refractivity contribution is 5.76. The van der Waals surface area contributed by atoms with Crippen LogP contribution in [0.2, 0.25) is 0 Å². The summed E-state index contributed by atoms with van der Waals surface area (Å²) in [5.41, 5.74) is 1.31. The summed E-state index contributed by atoms with van der Waals surface area (Å²) in [6.07, 6.45) is 11.4. The first-order valence-electron chi connectivity index (χ1n) is 14.8. The van der Waals surface area contributed by atoms with Gasteiger partial charge < -0.3 is 15.3 Å². The van der Waals surface area contributed by atoms with Crippen molar-refractivity contribution in [3.63, 3.8) is 0 Å². The first kappa shape index (κ1) is 26.7. The van der Waals surface area contributed by atoms with Gasteiger partial charge in [-0.25, -0.2) is 0 Å². The number of aliphatic carboxylic acids is 1. The van der Waals surface area contributed by atoms with E-state index < -0.39 is 11.4 Å². The predicted octanol–water partition coefficient (Wildman–Crippen LogP) is 6.70. The van der Waals surface area contributed by atoms with E-state index in [0.29, 0.717) is 11.8 Å². The molecule has 5 aliphatic carbocycles. The molecular formula is C32H52O4. The van der Waals surface area contributed by atoms with Crippen molar-refractivity contribution in [1.29, 1.82) is 0 Å². The van der Waals surface area contributed by atoms with Gasteiger partial charge in [0.15, 0.2) is 0 Å². The average molecular weight is 501 g/mol. The van der Waals surface area contributed by atoms with Gasteiger partial charge >= 0.3 is 5.97 Å². The maximum Gasteiger partial charge on any atom is 0.310 e. The van der Waals surface area contributed by atoms with E-state index in [0.717, 1.165) is 51.4 Å². The Bertz CT molecular complexity index is 950. The van der Waals surface area contributed by atoms with E-state index in [2.05, 4.69) is 54.5 Å². The fourth-order valence-electron chi connectivity index (χ4n) is 11.6. The van der Waals surface area contributed by atoms with Crippen LogP contribution in [0.1, 0.15) is 106 Å². The molecule has 3 N–H and O–H groups in total. The second-order valence-electron chi connectivity index (χ2n) is 15.9. The standard InChI is InChI=1S/C32H52O4/c1-27(2)12-14-32(26(35)36)15-13-30(6)21(22(32)17-27)8-9-25-29(5)16-20(18-33)23(19-34)28(3,4)24(29)10-11-31(25,30)7/h8,20,22-25,33-34H,9-19H2,1-7H3,(H,35,36)/t20-,22-,23-,24-,25-,29-,30+,31+,32-/m0/s1. The molecular weight excluding hydrogens is 448 g/mol. The molecule has 0 aromatic heterocycles. The molecule has 4 nitrogen and oxygen atoms in total. The van der Waals surface area contributed by atoms with Crippen molar-refractivity contribution >= 4 is 5.97 Å². The van der Waals surface area contributed by atoms with E-state index in [1.807, 2.05) is 0 Å². The summed E-state index contributed by atoms with van der Waals surface area (Å²) in [6, 6.07) is 0. The second kappa shape index (κ2) is 8.07. The Labute approximate surface area is 219 Å². The number of carboxylic acids is 1. The molecule has 36 heavy (non-hydrogen) atoms. The van der Waals surface area contributed by atoms with Gasteiger partial charge in [-0.2, -0.15) is 0 Å². The third-order valence-corrected chi connectivity index (χ3v) is 13.9. The fraction of sp³-hybridized carbons (Fsp3) is 0.906. The van der Waals surface area contributed by atoms with Gasteiger partial charge in [0.25, 0.3) is 0 Å². The maximum absolute atomic E-state index is 12.8. The molecule has 9 atom stereocenters. The number of hydrogen-bond acceptors (Lipinski definition) is 3. The largest absolute Gasteiger partial charge is 0.481 e. The molecule has 204 valence electrons. The van der Waals surface area contributed by atoms with Gasteiger partial charge in [-0.05, 0) is 114 Å². The van der Waals surface area contributed by atoms with E-state index in [4.69, 9.17) is 0 Å². The highest BCUT2D eigenvalue weighted by Gasteiger charge is 2.69. The summed E-state index contributed by atoms with van der Waals surface area (Å²) in [4.78, 5) is 12.8. The molecule has 0 aliphatic heterocycles. The van der Waals surface area contributed by atoms with Crippen LogP contribution in [0.3, 0.4) is 0 Å². The number of rotatable bonds is 3. The minimum absolute atomic E-state index is 0.0141. The van der Waals surface area contributed by atoms with Crippen molar-refractivity contribution in [3.05, 3.63) is 11.6 Å². The van der Waals surface area contributed by atoms with E-state index in [-0.39, 0.29) is 58.0 Å². The van der Waals surface area contributed by atoms with Crippen LogP contribution in [0, 0.1) is 62.1 Å². The van der Waals surface area contributed by atoms with Crippen LogP contribution in [-0.2, 0) is 4.79 Å². The van der Waals surface area contributed by atoms with Crippen LogP contribution in [0.15, 0.2) is 11.6 Å². The zero-order chi connectivity index (χ0) is 26.5. The molecule has 0 aromatic carbocycles. The summed E-state index contributed by atoms with van der Waals surface area (Å²) in [6.45, 7) is 17.2. The molecule has 0 bridgehead atoms. The molecule has 0 heterocycles. The lowest BCUT2D eigenvalue weighted by molar-refractivity contribution is -0.214. The van der Waals surface area contributed by atoms with E-state index in [1.54, 1.807) is 0 Å². The average Bonchev–Trinajstić information content (AvgIpc) is 2.78. The Balaban J connectivity index is 1.60. The number of hydrogen-bond donors (Lipinski definition) is 3. The molecule has 4 heteroatoms. The van der Waals surface area contributed by atoms with Crippen LogP contribution < -0.4 is 0 Å². The Morgan fingerprint density at radius 2 is 1.56 bits per heavy atom. The molecule has 0 aromatic rings. The molecule has 0 unspecified atom stereocenters. The number of aliphatic hydroxyl groups excluding tert-OH is 2. The number of carboxylic acid groups (broad SMARTS) is 1. The lowest BCUT2D eigenvalue weighted by Crippen LogP contribution is -2.66. The molecule has 0 saturated heterocycles. The lowest BCUT2D eigenvalue weighted by Gasteiger charge is -2.72. The Morgan fingerprint density at radius 3 is 2.17 bits per heavy atom. The molecule has 0 amide bonds. The topological polar surface area (TPSA) is 77.8 Å². The molecule has 4 fully saturated rings. The van der Waals surface area contributed by atoms with Gasteiger partial charge in [-0.3, -0.25) is 4.79 Å². The van der Waals surface area contributed by atoms with Crippen molar-refractivity contribution in [2.45, 2.75) is 106 Å². The number of fused-ring (bicyclic) bond motifs is 7. The molecule has 5 rings (SSSR count). The Morgan fingerprint density at radius 1 is 0.889 bits per heavy atom. The zero-order valence-electron chi connectivity index (χ0n) is 24.0. The fourth-order valence-corrected chi connectivity index (χ4v) is 11.6. The van der Waals surface area contributed by atoms with Gasteiger partial charge in [0.2, 0.25) is 0 Å². The first-order valence-corrected chi connectivity index (χ1v) is 14.8. The van der Waals surface area contributed by atoms with Crippen molar-refractivity contribution in [2.24, 2.45) is 62.1 Å². The molecule has 4 saturated carbocycles. The summed E-state index contributed by atoms with van der Waals surface area (Å²) >= 11 is 0. The predicted molar refractivity (Wildman–Crippen MR) is 143 cm³/mol. The third-order valence-electron chi connectivity index (χ3n) is 13.9. The highest BCUT2D eigenvalue weighted by atomic mass is 16.4. The third kappa shape index (κ3) is 3.22. The SMILES string of the molecule is CC1(C)CC[C@]2(C(=O)O)CC[C@]3(C)C(=CC[C@H]4[C@@]5(C)C[C@@H](CO)[C@H](CO)C(C)(C)[C@@H]5CC[C@]43C)[C@@H]2C1. The quantitative estimate of drug-likeness (QED) is 0.377.